The van der Waals surface area contributed by atoms with E-state index in [1.165, 1.54) is 12.5 Å². The number of halogens is 1. The van der Waals surface area contributed by atoms with Gasteiger partial charge in [-0.15, -0.1) is 0 Å². The molecule has 6 heteroatoms. The van der Waals surface area contributed by atoms with E-state index >= 15 is 0 Å². The number of hydrogen-bond acceptors (Lipinski definition) is 3. The maximum absolute atomic E-state index is 12.8. The molecule has 0 aliphatic heterocycles. The highest BCUT2D eigenvalue weighted by molar-refractivity contribution is 7.89. The third-order valence-corrected chi connectivity index (χ3v) is 6.15. The van der Waals surface area contributed by atoms with E-state index in [-0.39, 0.29) is 10.9 Å². The van der Waals surface area contributed by atoms with Crippen LogP contribution in [0.3, 0.4) is 0 Å². The molecule has 1 fully saturated rings. The fourth-order valence-electron chi connectivity index (χ4n) is 2.87. The van der Waals surface area contributed by atoms with Gasteiger partial charge in [0.05, 0.1) is 6.61 Å². The van der Waals surface area contributed by atoms with Gasteiger partial charge >= 0.3 is 0 Å². The first-order chi connectivity index (χ1) is 10.3. The molecule has 0 unspecified atom stereocenters. The Morgan fingerprint density at radius 3 is 2.64 bits per heavy atom. The van der Waals surface area contributed by atoms with Crippen molar-refractivity contribution in [2.45, 2.75) is 57.4 Å². The van der Waals surface area contributed by atoms with Crippen molar-refractivity contribution < 1.29 is 13.2 Å². The van der Waals surface area contributed by atoms with Gasteiger partial charge in [-0.1, -0.05) is 31.4 Å². The molecule has 0 saturated heterocycles. The molecule has 1 aromatic carbocycles. The van der Waals surface area contributed by atoms with Crippen LogP contribution in [0.4, 0.5) is 0 Å². The molecule has 2 rings (SSSR count). The number of nitrogens with one attached hydrogen (secondary N) is 1. The van der Waals surface area contributed by atoms with Crippen LogP contribution in [0.2, 0.25) is 5.02 Å². The summed E-state index contributed by atoms with van der Waals surface area (Å²) >= 11 is 6.12. The molecular formula is C16H24ClNO3S. The Kier molecular flexibility index (Phi) is 5.75. The minimum absolute atomic E-state index is 0.0201. The Morgan fingerprint density at radius 2 is 2.00 bits per heavy atom. The van der Waals surface area contributed by atoms with Crippen LogP contribution in [0.5, 0.6) is 5.75 Å². The summed E-state index contributed by atoms with van der Waals surface area (Å²) in [5, 5.41) is 0.431. The predicted molar refractivity (Wildman–Crippen MR) is 89.1 cm³/mol. The van der Waals surface area contributed by atoms with Crippen LogP contribution >= 0.6 is 11.6 Å². The van der Waals surface area contributed by atoms with Crippen molar-refractivity contribution in [3.8, 4) is 5.75 Å². The van der Waals surface area contributed by atoms with E-state index in [1.807, 2.05) is 13.8 Å². The van der Waals surface area contributed by atoms with Gasteiger partial charge in [-0.25, -0.2) is 13.1 Å². The minimum atomic E-state index is -3.64. The molecular weight excluding hydrogens is 322 g/mol. The first-order valence-electron chi connectivity index (χ1n) is 7.80. The summed E-state index contributed by atoms with van der Waals surface area (Å²) in [6.45, 7) is 6.16. The van der Waals surface area contributed by atoms with Gasteiger partial charge in [-0.2, -0.15) is 0 Å². The summed E-state index contributed by atoms with van der Waals surface area (Å²) in [6.07, 6.45) is 4.16. The van der Waals surface area contributed by atoms with Crippen molar-refractivity contribution in [3.05, 3.63) is 22.7 Å². The lowest BCUT2D eigenvalue weighted by Crippen LogP contribution is -2.41. The average molecular weight is 346 g/mol. The van der Waals surface area contributed by atoms with Crippen LogP contribution in [0.25, 0.3) is 0 Å². The van der Waals surface area contributed by atoms with Crippen molar-refractivity contribution >= 4 is 21.6 Å². The molecule has 0 heterocycles. The number of aryl methyl sites for hydroxylation is 1. The number of rotatable bonds is 5. The Hall–Kier alpha value is -0.780. The Balaban J connectivity index is 2.33. The Morgan fingerprint density at radius 1 is 1.32 bits per heavy atom. The van der Waals surface area contributed by atoms with Gasteiger partial charge in [0.2, 0.25) is 10.0 Å². The minimum Gasteiger partial charge on any atom is -0.492 e. The lowest BCUT2D eigenvalue weighted by Gasteiger charge is -2.29. The molecule has 1 N–H and O–H groups in total. The van der Waals surface area contributed by atoms with Crippen LogP contribution in [-0.2, 0) is 10.0 Å². The number of benzene rings is 1. The topological polar surface area (TPSA) is 55.4 Å². The zero-order valence-corrected chi connectivity index (χ0v) is 14.9. The molecule has 1 aromatic rings. The molecule has 0 bridgehead atoms. The van der Waals surface area contributed by atoms with Gasteiger partial charge in [0.1, 0.15) is 10.6 Å². The Bertz CT molecular complexity index is 631. The lowest BCUT2D eigenvalue weighted by molar-refractivity contribution is 0.308. The fraction of sp³-hybridized carbons (Fsp3) is 0.625. The van der Waals surface area contributed by atoms with E-state index in [1.54, 1.807) is 6.07 Å². The molecule has 2 atom stereocenters. The van der Waals surface area contributed by atoms with Gasteiger partial charge in [-0.3, -0.25) is 0 Å². The maximum Gasteiger partial charge on any atom is 0.244 e. The zero-order chi connectivity index (χ0) is 16.3. The average Bonchev–Trinajstić information content (AvgIpc) is 2.45. The second kappa shape index (κ2) is 7.20. The maximum atomic E-state index is 12.8. The van der Waals surface area contributed by atoms with Crippen LogP contribution in [0.15, 0.2) is 17.0 Å². The number of ether oxygens (including phenoxy) is 1. The monoisotopic (exact) mass is 345 g/mol. The smallest absolute Gasteiger partial charge is 0.244 e. The molecule has 0 radical (unpaired) electrons. The quantitative estimate of drug-likeness (QED) is 0.880. The van der Waals surface area contributed by atoms with Gasteiger partial charge in [0.15, 0.2) is 0 Å². The van der Waals surface area contributed by atoms with E-state index < -0.39 is 10.0 Å². The largest absolute Gasteiger partial charge is 0.492 e. The zero-order valence-electron chi connectivity index (χ0n) is 13.4. The van der Waals surface area contributed by atoms with Crippen molar-refractivity contribution in [1.29, 1.82) is 0 Å². The summed E-state index contributed by atoms with van der Waals surface area (Å²) in [4.78, 5) is 0.128. The van der Waals surface area contributed by atoms with Gasteiger partial charge in [-0.05, 0) is 50.3 Å². The molecule has 0 amide bonds. The second-order valence-electron chi connectivity index (χ2n) is 5.97. The van der Waals surface area contributed by atoms with Crippen LogP contribution in [0.1, 0.15) is 45.1 Å². The normalized spacial score (nSPS) is 22.5. The molecule has 1 aliphatic carbocycles. The standard InChI is InChI=1S/C16H24ClNO3S/c1-4-21-15-9-12(3)13(17)10-16(15)22(19,20)18-14-8-6-5-7-11(14)2/h9-11,14,18H,4-8H2,1-3H3/t11-,14-/m0/s1. The SMILES string of the molecule is CCOc1cc(C)c(Cl)cc1S(=O)(=O)N[C@H]1CCCC[C@@H]1C. The van der Waals surface area contributed by atoms with Crippen molar-refractivity contribution in [3.63, 3.8) is 0 Å². The van der Waals surface area contributed by atoms with Crippen molar-refractivity contribution in [2.24, 2.45) is 5.92 Å². The number of hydrogen-bond donors (Lipinski definition) is 1. The van der Waals surface area contributed by atoms with E-state index in [4.69, 9.17) is 16.3 Å². The van der Waals surface area contributed by atoms with E-state index in [9.17, 15) is 8.42 Å². The third kappa shape index (κ3) is 3.94. The lowest BCUT2D eigenvalue weighted by atomic mass is 9.87. The van der Waals surface area contributed by atoms with Crippen LogP contribution < -0.4 is 9.46 Å². The second-order valence-corrected chi connectivity index (χ2v) is 8.06. The summed E-state index contributed by atoms with van der Waals surface area (Å²) in [5.74, 6) is 0.709. The van der Waals surface area contributed by atoms with E-state index in [0.29, 0.717) is 23.3 Å². The molecule has 1 aliphatic rings. The predicted octanol–water partition coefficient (Wildman–Crippen LogP) is 3.90. The summed E-state index contributed by atoms with van der Waals surface area (Å²) in [5.41, 5.74) is 0.801. The molecule has 0 spiro atoms. The van der Waals surface area contributed by atoms with Crippen molar-refractivity contribution in [1.82, 2.24) is 4.72 Å². The molecule has 1 saturated carbocycles. The van der Waals surface area contributed by atoms with E-state index in [0.717, 1.165) is 24.8 Å². The van der Waals surface area contributed by atoms with Gasteiger partial charge in [0.25, 0.3) is 0 Å². The molecule has 0 aromatic heterocycles. The molecule has 4 nitrogen and oxygen atoms in total. The Labute approximate surface area is 138 Å². The third-order valence-electron chi connectivity index (χ3n) is 4.23. The molecule has 22 heavy (non-hydrogen) atoms. The number of sulfonamides is 1. The first-order valence-corrected chi connectivity index (χ1v) is 9.66. The fourth-order valence-corrected chi connectivity index (χ4v) is 4.63. The first kappa shape index (κ1) is 17.6. The van der Waals surface area contributed by atoms with Crippen molar-refractivity contribution in [2.75, 3.05) is 6.61 Å². The van der Waals surface area contributed by atoms with Crippen LogP contribution in [0, 0.1) is 12.8 Å². The van der Waals surface area contributed by atoms with Crippen LogP contribution in [-0.4, -0.2) is 21.1 Å². The molecule has 124 valence electrons. The highest BCUT2D eigenvalue weighted by Gasteiger charge is 2.29. The van der Waals surface area contributed by atoms with Gasteiger partial charge < -0.3 is 4.74 Å². The summed E-state index contributed by atoms with van der Waals surface area (Å²) in [7, 11) is -3.64. The van der Waals surface area contributed by atoms with Gasteiger partial charge in [0, 0.05) is 11.1 Å². The summed E-state index contributed by atoms with van der Waals surface area (Å²) < 4.78 is 33.8. The highest BCUT2D eigenvalue weighted by atomic mass is 35.5. The highest BCUT2D eigenvalue weighted by Crippen LogP contribution is 2.32. The summed E-state index contributed by atoms with van der Waals surface area (Å²) in [6, 6.07) is 3.15. The van der Waals surface area contributed by atoms with E-state index in [2.05, 4.69) is 11.6 Å².